The zero-order chi connectivity index (χ0) is 27.9. The number of pyridine rings is 1. The molecule has 6 rings (SSSR count). The first-order valence-electron chi connectivity index (χ1n) is 13.3. The SMILES string of the molecule is CC.Cc1noc(C)c1-c1ccc2nc(N3CCC(N(C)C(=O)CC#N)C3)n3c2c1OCC3.c1ccncc1. The molecule has 2 aliphatic heterocycles. The van der Waals surface area contributed by atoms with E-state index >= 15 is 0 Å². The third-order valence-electron chi connectivity index (χ3n) is 6.89. The summed E-state index contributed by atoms with van der Waals surface area (Å²) in [5.41, 5.74) is 4.64. The Morgan fingerprint density at radius 3 is 2.56 bits per heavy atom. The number of amides is 1. The Morgan fingerprint density at radius 1 is 1.18 bits per heavy atom. The van der Waals surface area contributed by atoms with Crippen LogP contribution in [0.3, 0.4) is 0 Å². The topological polar surface area (TPSA) is 113 Å². The number of aryl methyl sites for hydroxylation is 2. The maximum Gasteiger partial charge on any atom is 0.236 e. The van der Waals surface area contributed by atoms with Crippen LogP contribution in [0.4, 0.5) is 5.95 Å². The Balaban J connectivity index is 0.000000385. The van der Waals surface area contributed by atoms with Gasteiger partial charge in [-0.2, -0.15) is 5.26 Å². The third kappa shape index (κ3) is 5.58. The van der Waals surface area contributed by atoms with E-state index in [0.29, 0.717) is 19.7 Å². The summed E-state index contributed by atoms with van der Waals surface area (Å²) in [4.78, 5) is 24.8. The molecule has 4 aromatic rings. The van der Waals surface area contributed by atoms with Crippen LogP contribution in [-0.4, -0.2) is 63.3 Å². The number of anilines is 1. The molecule has 0 aliphatic carbocycles. The molecule has 1 saturated heterocycles. The molecular weight excluding hydrogens is 494 g/mol. The van der Waals surface area contributed by atoms with E-state index in [1.807, 2.05) is 64.1 Å². The van der Waals surface area contributed by atoms with E-state index in [2.05, 4.69) is 19.6 Å². The van der Waals surface area contributed by atoms with E-state index in [0.717, 1.165) is 58.3 Å². The fraction of sp³-hybridized carbons (Fsp3) is 0.414. The largest absolute Gasteiger partial charge is 0.489 e. The monoisotopic (exact) mass is 529 g/mol. The predicted molar refractivity (Wildman–Crippen MR) is 149 cm³/mol. The lowest BCUT2D eigenvalue weighted by Gasteiger charge is -2.26. The average Bonchev–Trinajstić information content (AvgIpc) is 3.70. The summed E-state index contributed by atoms with van der Waals surface area (Å²) in [7, 11) is 1.78. The molecule has 1 amide bonds. The zero-order valence-electron chi connectivity index (χ0n) is 23.2. The van der Waals surface area contributed by atoms with Gasteiger partial charge in [0.05, 0.1) is 35.4 Å². The summed E-state index contributed by atoms with van der Waals surface area (Å²) in [6, 6.07) is 11.8. The molecule has 2 aliphatic rings. The van der Waals surface area contributed by atoms with Gasteiger partial charge in [-0.05, 0) is 44.5 Å². The van der Waals surface area contributed by atoms with Gasteiger partial charge in [-0.1, -0.05) is 25.1 Å². The first-order chi connectivity index (χ1) is 19.0. The van der Waals surface area contributed by atoms with Crippen molar-refractivity contribution in [2.75, 3.05) is 31.6 Å². The van der Waals surface area contributed by atoms with E-state index in [9.17, 15) is 4.79 Å². The molecule has 3 aromatic heterocycles. The number of nitrogens with zero attached hydrogens (tertiary/aromatic N) is 7. The van der Waals surface area contributed by atoms with Crippen LogP contribution in [0.2, 0.25) is 0 Å². The number of rotatable bonds is 4. The number of hydrogen-bond donors (Lipinski definition) is 0. The summed E-state index contributed by atoms with van der Waals surface area (Å²) in [6.45, 7) is 10.6. The molecule has 5 heterocycles. The van der Waals surface area contributed by atoms with Gasteiger partial charge < -0.3 is 23.6 Å². The molecule has 0 radical (unpaired) electrons. The number of imidazole rings is 1. The van der Waals surface area contributed by atoms with Crippen molar-refractivity contribution < 1.29 is 14.1 Å². The minimum absolute atomic E-state index is 0.0747. The molecule has 1 fully saturated rings. The Labute approximate surface area is 228 Å². The van der Waals surface area contributed by atoms with Gasteiger partial charge >= 0.3 is 0 Å². The molecule has 1 atom stereocenters. The minimum atomic E-state index is -0.135. The Bertz CT molecular complexity index is 1410. The number of likely N-dealkylation sites (N-methyl/N-ethyl adjacent to an activating group) is 1. The highest BCUT2D eigenvalue weighted by Gasteiger charge is 2.33. The van der Waals surface area contributed by atoms with Crippen molar-refractivity contribution in [3.8, 4) is 22.9 Å². The Hall–Kier alpha value is -4.39. The third-order valence-corrected chi connectivity index (χ3v) is 6.89. The van der Waals surface area contributed by atoms with Crippen LogP contribution in [-0.2, 0) is 11.3 Å². The number of aromatic nitrogens is 4. The molecule has 0 spiro atoms. The lowest BCUT2D eigenvalue weighted by atomic mass is 10.0. The summed E-state index contributed by atoms with van der Waals surface area (Å²) >= 11 is 0. The number of hydrogen-bond acceptors (Lipinski definition) is 8. The fourth-order valence-corrected chi connectivity index (χ4v) is 5.03. The number of carbonyl (C=O) groups is 1. The first-order valence-corrected chi connectivity index (χ1v) is 13.3. The highest BCUT2D eigenvalue weighted by Crippen LogP contribution is 2.43. The first kappa shape index (κ1) is 27.6. The summed E-state index contributed by atoms with van der Waals surface area (Å²) in [5, 5.41) is 12.9. The van der Waals surface area contributed by atoms with Crippen molar-refractivity contribution in [3.05, 3.63) is 54.2 Å². The maximum absolute atomic E-state index is 12.1. The normalized spacial score (nSPS) is 15.4. The fourth-order valence-electron chi connectivity index (χ4n) is 5.03. The number of benzene rings is 1. The van der Waals surface area contributed by atoms with Gasteiger partial charge in [0.15, 0.2) is 5.75 Å². The molecular formula is C29H35N7O3. The molecule has 204 valence electrons. The van der Waals surface area contributed by atoms with Crippen molar-refractivity contribution in [1.82, 2.24) is 24.6 Å². The van der Waals surface area contributed by atoms with Gasteiger partial charge in [-0.3, -0.25) is 9.78 Å². The molecule has 1 unspecified atom stereocenters. The number of ether oxygens (including phenoxy) is 1. The maximum atomic E-state index is 12.1. The van der Waals surface area contributed by atoms with Gasteiger partial charge in [-0.15, -0.1) is 0 Å². The van der Waals surface area contributed by atoms with Gasteiger partial charge in [0.1, 0.15) is 24.3 Å². The Morgan fingerprint density at radius 2 is 1.95 bits per heavy atom. The highest BCUT2D eigenvalue weighted by atomic mass is 16.5. The van der Waals surface area contributed by atoms with E-state index in [1.165, 1.54) is 0 Å². The second kappa shape index (κ2) is 12.4. The Kier molecular flexibility index (Phi) is 8.81. The van der Waals surface area contributed by atoms with Crippen LogP contribution in [0.5, 0.6) is 5.75 Å². The van der Waals surface area contributed by atoms with Gasteiger partial charge in [0.25, 0.3) is 0 Å². The van der Waals surface area contributed by atoms with Gasteiger partial charge in [0, 0.05) is 38.1 Å². The predicted octanol–water partition coefficient (Wildman–Crippen LogP) is 4.76. The molecule has 0 bridgehead atoms. The van der Waals surface area contributed by atoms with E-state index in [4.69, 9.17) is 19.5 Å². The van der Waals surface area contributed by atoms with Crippen molar-refractivity contribution in [2.45, 2.75) is 53.1 Å². The van der Waals surface area contributed by atoms with E-state index in [1.54, 1.807) is 24.3 Å². The second-order valence-corrected chi connectivity index (χ2v) is 9.17. The molecule has 10 heteroatoms. The lowest BCUT2D eigenvalue weighted by Crippen LogP contribution is -2.39. The quantitative estimate of drug-likeness (QED) is 0.372. The van der Waals surface area contributed by atoms with Crippen molar-refractivity contribution in [1.29, 1.82) is 5.26 Å². The summed E-state index contributed by atoms with van der Waals surface area (Å²) < 4.78 is 13.7. The van der Waals surface area contributed by atoms with Crippen LogP contribution in [0.25, 0.3) is 22.2 Å². The molecule has 10 nitrogen and oxygen atoms in total. The summed E-state index contributed by atoms with van der Waals surface area (Å²) in [5.74, 6) is 2.35. The van der Waals surface area contributed by atoms with E-state index in [-0.39, 0.29) is 18.4 Å². The van der Waals surface area contributed by atoms with Crippen LogP contribution >= 0.6 is 0 Å². The van der Waals surface area contributed by atoms with Crippen molar-refractivity contribution in [2.24, 2.45) is 0 Å². The van der Waals surface area contributed by atoms with Crippen molar-refractivity contribution in [3.63, 3.8) is 0 Å². The van der Waals surface area contributed by atoms with Crippen LogP contribution in [0.15, 0.2) is 47.2 Å². The minimum Gasteiger partial charge on any atom is -0.489 e. The second-order valence-electron chi connectivity index (χ2n) is 9.17. The van der Waals surface area contributed by atoms with Crippen LogP contribution < -0.4 is 9.64 Å². The molecule has 0 N–H and O–H groups in total. The number of nitriles is 1. The molecule has 0 saturated carbocycles. The van der Waals surface area contributed by atoms with Crippen LogP contribution in [0.1, 0.15) is 38.1 Å². The van der Waals surface area contributed by atoms with Crippen molar-refractivity contribution >= 4 is 22.9 Å². The number of carbonyl (C=O) groups excluding carboxylic acids is 1. The molecule has 39 heavy (non-hydrogen) atoms. The zero-order valence-corrected chi connectivity index (χ0v) is 23.2. The smallest absolute Gasteiger partial charge is 0.236 e. The van der Waals surface area contributed by atoms with Gasteiger partial charge in [0.2, 0.25) is 11.9 Å². The highest BCUT2D eigenvalue weighted by molar-refractivity contribution is 5.93. The van der Waals surface area contributed by atoms with Gasteiger partial charge in [-0.25, -0.2) is 4.98 Å². The summed E-state index contributed by atoms with van der Waals surface area (Å²) in [6.07, 6.45) is 4.27. The average molecular weight is 530 g/mol. The standard InChI is InChI=1S/C22H24N6O3.C5H5N.C2H6/c1-13-19(14(2)31-25-13)16-4-5-17-20-21(16)30-11-10-28(20)22(24-17)27-9-7-15(12-27)26(3)18(29)6-8-23;1-2-4-6-5-3-1;1-2/h4-5,15H,6-7,9-12H2,1-3H3;1-5H;1-2H3. The van der Waals surface area contributed by atoms with Crippen LogP contribution in [0, 0.1) is 25.2 Å². The lowest BCUT2D eigenvalue weighted by molar-refractivity contribution is -0.130. The molecule has 1 aromatic carbocycles. The van der Waals surface area contributed by atoms with E-state index < -0.39 is 0 Å².